The number of thiophene rings is 1. The van der Waals surface area contributed by atoms with Gasteiger partial charge in [-0.15, -0.1) is 11.3 Å². The molecule has 0 spiro atoms. The molecule has 1 aliphatic rings. The third-order valence-electron chi connectivity index (χ3n) is 11.2. The second kappa shape index (κ2) is 11.3. The van der Waals surface area contributed by atoms with Gasteiger partial charge >= 0.3 is 0 Å². The summed E-state index contributed by atoms with van der Waals surface area (Å²) in [5.41, 5.74) is 14.0. The molecule has 3 heterocycles. The Kier molecular flexibility index (Phi) is 6.47. The molecule has 0 unspecified atom stereocenters. The maximum Gasteiger partial charge on any atom is 0.160 e. The van der Waals surface area contributed by atoms with Gasteiger partial charge in [-0.05, 0) is 52.6 Å². The number of nitrogens with zero attached hydrogens (tertiary/aromatic N) is 3. The van der Waals surface area contributed by atoms with Crippen LogP contribution in [0.4, 0.5) is 0 Å². The first-order chi connectivity index (χ1) is 26.1. The molecule has 7 aromatic carbocycles. The second-order valence-electron chi connectivity index (χ2n) is 14.5. The minimum absolute atomic E-state index is 0.137. The molecule has 11 rings (SSSR count). The first-order valence-electron chi connectivity index (χ1n) is 18.2. The van der Waals surface area contributed by atoms with Crippen molar-refractivity contribution in [2.45, 2.75) is 19.3 Å². The first-order valence-corrected chi connectivity index (χ1v) is 19.0. The Morgan fingerprint density at radius 2 is 1.15 bits per heavy atom. The first kappa shape index (κ1) is 30.3. The summed E-state index contributed by atoms with van der Waals surface area (Å²) in [6, 6.07) is 58.7. The number of rotatable bonds is 4. The van der Waals surface area contributed by atoms with Gasteiger partial charge in [-0.1, -0.05) is 147 Å². The number of fused-ring (bicyclic) bond motifs is 12. The van der Waals surface area contributed by atoms with Crippen LogP contribution in [0.3, 0.4) is 0 Å². The molecule has 0 N–H and O–H groups in total. The zero-order chi connectivity index (χ0) is 35.3. The van der Waals surface area contributed by atoms with Gasteiger partial charge in [0.1, 0.15) is 0 Å². The Morgan fingerprint density at radius 1 is 0.547 bits per heavy atom. The zero-order valence-electron chi connectivity index (χ0n) is 29.3. The molecule has 0 bridgehead atoms. The van der Waals surface area contributed by atoms with Gasteiger partial charge in [0.15, 0.2) is 5.82 Å². The highest BCUT2D eigenvalue weighted by Gasteiger charge is 2.40. The largest absolute Gasteiger partial charge is 0.308 e. The van der Waals surface area contributed by atoms with Gasteiger partial charge in [-0.2, -0.15) is 0 Å². The highest BCUT2D eigenvalue weighted by Crippen LogP contribution is 2.58. The van der Waals surface area contributed by atoms with Gasteiger partial charge in [0, 0.05) is 54.0 Å². The van der Waals surface area contributed by atoms with Gasteiger partial charge in [-0.25, -0.2) is 9.97 Å². The summed E-state index contributed by atoms with van der Waals surface area (Å²) in [5, 5.41) is 5.35. The lowest BCUT2D eigenvalue weighted by atomic mass is 9.80. The van der Waals surface area contributed by atoms with Crippen LogP contribution in [0.1, 0.15) is 25.0 Å². The fraction of sp³-hybridized carbons (Fsp3) is 0.0612. The van der Waals surface area contributed by atoms with Crippen LogP contribution in [0.2, 0.25) is 0 Å². The van der Waals surface area contributed by atoms with E-state index in [0.29, 0.717) is 0 Å². The molecule has 3 nitrogen and oxygen atoms in total. The van der Waals surface area contributed by atoms with E-state index < -0.39 is 0 Å². The maximum atomic E-state index is 5.11. The van der Waals surface area contributed by atoms with Crippen LogP contribution in [0.15, 0.2) is 164 Å². The van der Waals surface area contributed by atoms with Crippen molar-refractivity contribution in [1.29, 1.82) is 0 Å². The Bertz CT molecular complexity index is 3000. The van der Waals surface area contributed by atoms with E-state index in [1.807, 2.05) is 35.6 Å². The summed E-state index contributed by atoms with van der Waals surface area (Å²) in [5.74, 6) is 0.720. The Balaban J connectivity index is 1.18. The van der Waals surface area contributed by atoms with Crippen LogP contribution in [-0.4, -0.2) is 14.5 Å². The molecule has 53 heavy (non-hydrogen) atoms. The van der Waals surface area contributed by atoms with Crippen LogP contribution in [-0.2, 0) is 5.41 Å². The van der Waals surface area contributed by atoms with E-state index in [1.54, 1.807) is 0 Å². The normalized spacial score (nSPS) is 13.2. The molecule has 250 valence electrons. The van der Waals surface area contributed by atoms with E-state index in [1.165, 1.54) is 64.2 Å². The Hall–Kier alpha value is -6.36. The molecule has 0 aliphatic heterocycles. The third-order valence-corrected chi connectivity index (χ3v) is 12.4. The Labute approximate surface area is 311 Å². The number of benzene rings is 7. The molecule has 1 aliphatic carbocycles. The Morgan fingerprint density at radius 3 is 1.91 bits per heavy atom. The van der Waals surface area contributed by atoms with E-state index >= 15 is 0 Å². The fourth-order valence-corrected chi connectivity index (χ4v) is 10.1. The van der Waals surface area contributed by atoms with Gasteiger partial charge in [0.05, 0.1) is 27.1 Å². The van der Waals surface area contributed by atoms with E-state index in [0.717, 1.165) is 39.6 Å². The summed E-state index contributed by atoms with van der Waals surface area (Å²) >= 11 is 1.92. The summed E-state index contributed by atoms with van der Waals surface area (Å²) in [4.78, 5) is 10.1. The highest BCUT2D eigenvalue weighted by atomic mass is 32.1. The van der Waals surface area contributed by atoms with Crippen molar-refractivity contribution in [3.63, 3.8) is 0 Å². The predicted octanol–water partition coefficient (Wildman–Crippen LogP) is 13.2. The molecule has 0 radical (unpaired) electrons. The van der Waals surface area contributed by atoms with E-state index in [4.69, 9.17) is 9.97 Å². The minimum atomic E-state index is -0.137. The second-order valence-corrected chi connectivity index (χ2v) is 15.6. The number of hydrogen-bond donors (Lipinski definition) is 0. The standard InChI is InChI=1S/C49H33N3S/c1-49(2)37-22-12-9-19-34(37)42-43-35-20-10-13-23-40(35)52(46(43)47-44(45(42)49)36-21-11-14-24-41(36)53-47)33-27-25-31(26-28-33)39-29-38(30-15-5-3-6-16-30)50-48(51-39)32-17-7-4-8-18-32/h3-29H,1-2H3. The lowest BCUT2D eigenvalue weighted by molar-refractivity contribution is 0.667. The van der Waals surface area contributed by atoms with E-state index in [-0.39, 0.29) is 5.41 Å². The van der Waals surface area contributed by atoms with Gasteiger partial charge in [-0.3, -0.25) is 0 Å². The predicted molar refractivity (Wildman–Crippen MR) is 223 cm³/mol. The smallest absolute Gasteiger partial charge is 0.160 e. The van der Waals surface area contributed by atoms with E-state index in [9.17, 15) is 0 Å². The van der Waals surface area contributed by atoms with Gasteiger partial charge in [0.25, 0.3) is 0 Å². The van der Waals surface area contributed by atoms with Crippen molar-refractivity contribution >= 4 is 53.3 Å². The van der Waals surface area contributed by atoms with Crippen LogP contribution < -0.4 is 0 Å². The van der Waals surface area contributed by atoms with Crippen molar-refractivity contribution in [3.05, 3.63) is 175 Å². The molecule has 10 aromatic rings. The van der Waals surface area contributed by atoms with Crippen LogP contribution in [0.25, 0.3) is 92.7 Å². The monoisotopic (exact) mass is 695 g/mol. The molecule has 3 aromatic heterocycles. The molecule has 0 amide bonds. The van der Waals surface area contributed by atoms with Crippen LogP contribution in [0, 0.1) is 0 Å². The molecule has 0 saturated carbocycles. The summed E-state index contributed by atoms with van der Waals surface area (Å²) in [6.45, 7) is 4.82. The van der Waals surface area contributed by atoms with Crippen LogP contribution in [0.5, 0.6) is 0 Å². The van der Waals surface area contributed by atoms with Crippen LogP contribution >= 0.6 is 11.3 Å². The summed E-state index contributed by atoms with van der Waals surface area (Å²) in [6.07, 6.45) is 0. The lowest BCUT2D eigenvalue weighted by Crippen LogP contribution is -2.15. The molecule has 0 atom stereocenters. The summed E-state index contributed by atoms with van der Waals surface area (Å²) in [7, 11) is 0. The van der Waals surface area contributed by atoms with E-state index in [2.05, 4.69) is 158 Å². The lowest BCUT2D eigenvalue weighted by Gasteiger charge is -2.23. The fourth-order valence-electron chi connectivity index (χ4n) is 8.81. The van der Waals surface area contributed by atoms with Crippen molar-refractivity contribution in [1.82, 2.24) is 14.5 Å². The SMILES string of the molecule is CC1(C)c2ccccc2-c2c1c1c3ccccc3sc1c1c2c2ccccc2n1-c1ccc(-c2cc(-c3ccccc3)nc(-c3ccccc3)n2)cc1. The summed E-state index contributed by atoms with van der Waals surface area (Å²) < 4.78 is 5.17. The third kappa shape index (κ3) is 4.39. The maximum absolute atomic E-state index is 5.11. The average Bonchev–Trinajstić information content (AvgIpc) is 3.84. The molecule has 0 fully saturated rings. The van der Waals surface area contributed by atoms with Crippen molar-refractivity contribution in [3.8, 4) is 50.7 Å². The van der Waals surface area contributed by atoms with Crippen molar-refractivity contribution in [2.24, 2.45) is 0 Å². The van der Waals surface area contributed by atoms with Crippen molar-refractivity contribution in [2.75, 3.05) is 0 Å². The van der Waals surface area contributed by atoms with Crippen molar-refractivity contribution < 1.29 is 0 Å². The number of para-hydroxylation sites is 1. The molecule has 4 heteroatoms. The van der Waals surface area contributed by atoms with Gasteiger partial charge in [0.2, 0.25) is 0 Å². The average molecular weight is 696 g/mol. The zero-order valence-corrected chi connectivity index (χ0v) is 30.2. The number of aromatic nitrogens is 3. The highest BCUT2D eigenvalue weighted by molar-refractivity contribution is 7.26. The quantitative estimate of drug-likeness (QED) is 0.183. The minimum Gasteiger partial charge on any atom is -0.308 e. The molecular formula is C49H33N3S. The topological polar surface area (TPSA) is 30.7 Å². The number of hydrogen-bond acceptors (Lipinski definition) is 3. The molecule has 0 saturated heterocycles. The molecular weight excluding hydrogens is 663 g/mol. The van der Waals surface area contributed by atoms with Gasteiger partial charge < -0.3 is 4.57 Å².